The zero-order valence-corrected chi connectivity index (χ0v) is 20.6. The third kappa shape index (κ3) is 4.78. The summed E-state index contributed by atoms with van der Waals surface area (Å²) in [6.07, 6.45) is 2.45. The van der Waals surface area contributed by atoms with Crippen LogP contribution in [0.5, 0.6) is 0 Å². The van der Waals surface area contributed by atoms with Gasteiger partial charge in [0.2, 0.25) is 0 Å². The quantitative estimate of drug-likeness (QED) is 0.461. The summed E-state index contributed by atoms with van der Waals surface area (Å²) in [5.74, 6) is 1.79. The third-order valence-electron chi connectivity index (χ3n) is 7.89. The molecule has 3 aromatic rings. The highest BCUT2D eigenvalue weighted by Crippen LogP contribution is 2.37. The highest BCUT2D eigenvalue weighted by Gasteiger charge is 2.38. The van der Waals surface area contributed by atoms with E-state index in [1.165, 1.54) is 29.5 Å². The molecule has 0 aliphatic carbocycles. The lowest BCUT2D eigenvalue weighted by molar-refractivity contribution is 0.0780. The van der Waals surface area contributed by atoms with Crippen LogP contribution in [0.15, 0.2) is 65.4 Å². The highest BCUT2D eigenvalue weighted by molar-refractivity contribution is 7.08. The van der Waals surface area contributed by atoms with Crippen LogP contribution in [0.3, 0.4) is 0 Å². The molecule has 0 spiro atoms. The van der Waals surface area contributed by atoms with E-state index in [0.717, 1.165) is 43.9 Å². The maximum atomic E-state index is 13.5. The van der Waals surface area contributed by atoms with Crippen molar-refractivity contribution < 1.29 is 4.79 Å². The first-order valence-electron chi connectivity index (χ1n) is 12.2. The van der Waals surface area contributed by atoms with Gasteiger partial charge in [-0.15, -0.1) is 0 Å². The standard InChI is InChI=1S/C29H34N2OS/c1-21-7-6-10-27(22(21)2)29(32)31-18-26(28(19-31)25-13-16-33-20-25)17-30-14-11-24(12-15-30)23-8-4-3-5-9-23/h3-10,13,16,20,24,26,28H,11-12,14-15,17-19H2,1-2H3. The second kappa shape index (κ2) is 9.82. The van der Waals surface area contributed by atoms with Gasteiger partial charge in [0.25, 0.3) is 5.91 Å². The number of nitrogens with zero attached hydrogens (tertiary/aromatic N) is 2. The number of aryl methyl sites for hydroxylation is 1. The second-order valence-corrected chi connectivity index (χ2v) is 10.6. The summed E-state index contributed by atoms with van der Waals surface area (Å²) in [7, 11) is 0. The van der Waals surface area contributed by atoms with Crippen LogP contribution in [0, 0.1) is 19.8 Å². The van der Waals surface area contributed by atoms with Crippen molar-refractivity contribution in [2.24, 2.45) is 5.92 Å². The van der Waals surface area contributed by atoms with Gasteiger partial charge in [0.15, 0.2) is 0 Å². The van der Waals surface area contributed by atoms with Crippen molar-refractivity contribution in [3.8, 4) is 0 Å². The number of carbonyl (C=O) groups excluding carboxylic acids is 1. The highest BCUT2D eigenvalue weighted by atomic mass is 32.1. The number of hydrogen-bond acceptors (Lipinski definition) is 3. The minimum absolute atomic E-state index is 0.196. The molecule has 1 amide bonds. The van der Waals surface area contributed by atoms with Crippen molar-refractivity contribution in [2.45, 2.75) is 38.5 Å². The van der Waals surface area contributed by atoms with E-state index in [0.29, 0.717) is 17.8 Å². The fourth-order valence-electron chi connectivity index (χ4n) is 5.74. The molecule has 2 atom stereocenters. The predicted molar refractivity (Wildman–Crippen MR) is 137 cm³/mol. The lowest BCUT2D eigenvalue weighted by Gasteiger charge is -2.34. The lowest BCUT2D eigenvalue weighted by Crippen LogP contribution is -2.38. The first kappa shape index (κ1) is 22.4. The molecule has 0 N–H and O–H groups in total. The van der Waals surface area contributed by atoms with Crippen molar-refractivity contribution in [1.29, 1.82) is 0 Å². The lowest BCUT2D eigenvalue weighted by atomic mass is 9.87. The summed E-state index contributed by atoms with van der Waals surface area (Å²) in [5, 5.41) is 4.46. The van der Waals surface area contributed by atoms with Crippen LogP contribution in [0.4, 0.5) is 0 Å². The Morgan fingerprint density at radius 2 is 1.73 bits per heavy atom. The molecule has 1 aromatic heterocycles. The SMILES string of the molecule is Cc1cccc(C(=O)N2CC(CN3CCC(c4ccccc4)CC3)C(c3ccsc3)C2)c1C. The molecule has 5 rings (SSSR count). The molecule has 2 fully saturated rings. The molecule has 2 saturated heterocycles. The van der Waals surface area contributed by atoms with Crippen molar-refractivity contribution in [3.63, 3.8) is 0 Å². The van der Waals surface area contributed by atoms with Gasteiger partial charge in [-0.05, 0) is 96.8 Å². The maximum Gasteiger partial charge on any atom is 0.254 e. The Hall–Kier alpha value is -2.43. The number of thiophene rings is 1. The Morgan fingerprint density at radius 1 is 0.939 bits per heavy atom. The van der Waals surface area contributed by atoms with Crippen molar-refractivity contribution in [1.82, 2.24) is 9.80 Å². The van der Waals surface area contributed by atoms with Crippen molar-refractivity contribution >= 4 is 17.2 Å². The first-order valence-corrected chi connectivity index (χ1v) is 13.2. The summed E-state index contributed by atoms with van der Waals surface area (Å²) < 4.78 is 0. The summed E-state index contributed by atoms with van der Waals surface area (Å²) in [6.45, 7) is 9.22. The van der Waals surface area contributed by atoms with Gasteiger partial charge >= 0.3 is 0 Å². The van der Waals surface area contributed by atoms with E-state index in [1.807, 2.05) is 12.1 Å². The molecule has 0 bridgehead atoms. The van der Waals surface area contributed by atoms with E-state index in [-0.39, 0.29) is 5.91 Å². The normalized spacial score (nSPS) is 22.1. The van der Waals surface area contributed by atoms with E-state index in [2.05, 4.69) is 76.9 Å². The van der Waals surface area contributed by atoms with Gasteiger partial charge in [-0.3, -0.25) is 4.79 Å². The van der Waals surface area contributed by atoms with Crippen molar-refractivity contribution in [2.75, 3.05) is 32.7 Å². The number of rotatable bonds is 5. The average molecular weight is 459 g/mol. The maximum absolute atomic E-state index is 13.5. The topological polar surface area (TPSA) is 23.6 Å². The molecule has 2 unspecified atom stereocenters. The smallest absolute Gasteiger partial charge is 0.254 e. The molecule has 2 aromatic carbocycles. The van der Waals surface area contributed by atoms with Gasteiger partial charge in [0, 0.05) is 31.1 Å². The number of amides is 1. The fourth-order valence-corrected chi connectivity index (χ4v) is 6.47. The van der Waals surface area contributed by atoms with Gasteiger partial charge in [0.05, 0.1) is 0 Å². The van der Waals surface area contributed by atoms with Crippen LogP contribution in [0.25, 0.3) is 0 Å². The Bertz CT molecular complexity index is 1070. The van der Waals surface area contributed by atoms with Gasteiger partial charge in [-0.25, -0.2) is 0 Å². The van der Waals surface area contributed by atoms with E-state index in [4.69, 9.17) is 0 Å². The zero-order chi connectivity index (χ0) is 22.8. The number of benzene rings is 2. The van der Waals surface area contributed by atoms with Crippen LogP contribution >= 0.6 is 11.3 Å². The molecule has 2 aliphatic rings. The molecule has 0 saturated carbocycles. The number of hydrogen-bond donors (Lipinski definition) is 0. The second-order valence-electron chi connectivity index (χ2n) is 9.87. The van der Waals surface area contributed by atoms with Crippen molar-refractivity contribution in [3.05, 3.63) is 93.2 Å². The molecular formula is C29H34N2OS. The van der Waals surface area contributed by atoms with Gasteiger partial charge in [-0.1, -0.05) is 42.5 Å². The Morgan fingerprint density at radius 3 is 2.45 bits per heavy atom. The number of carbonyl (C=O) groups is 1. The van der Waals surface area contributed by atoms with Crippen LogP contribution in [-0.4, -0.2) is 48.4 Å². The van der Waals surface area contributed by atoms with Crippen LogP contribution in [0.2, 0.25) is 0 Å². The average Bonchev–Trinajstić information content (AvgIpc) is 3.52. The van der Waals surface area contributed by atoms with Gasteiger partial charge in [-0.2, -0.15) is 11.3 Å². The largest absolute Gasteiger partial charge is 0.338 e. The number of piperidine rings is 1. The molecule has 3 heterocycles. The summed E-state index contributed by atoms with van der Waals surface area (Å²) in [5.41, 5.74) is 6.05. The summed E-state index contributed by atoms with van der Waals surface area (Å²) in [4.78, 5) is 18.3. The molecule has 2 aliphatic heterocycles. The molecule has 4 heteroatoms. The van der Waals surface area contributed by atoms with E-state index < -0.39 is 0 Å². The minimum Gasteiger partial charge on any atom is -0.338 e. The minimum atomic E-state index is 0.196. The number of likely N-dealkylation sites (tertiary alicyclic amines) is 2. The van der Waals surface area contributed by atoms with Gasteiger partial charge in [0.1, 0.15) is 0 Å². The molecular weight excluding hydrogens is 424 g/mol. The Kier molecular flexibility index (Phi) is 6.66. The van der Waals surface area contributed by atoms with Crippen LogP contribution in [0.1, 0.15) is 57.3 Å². The van der Waals surface area contributed by atoms with Crippen LogP contribution in [-0.2, 0) is 0 Å². The third-order valence-corrected chi connectivity index (χ3v) is 8.59. The van der Waals surface area contributed by atoms with Gasteiger partial charge < -0.3 is 9.80 Å². The Labute approximate surface area is 202 Å². The van der Waals surface area contributed by atoms with E-state index in [1.54, 1.807) is 11.3 Å². The summed E-state index contributed by atoms with van der Waals surface area (Å²) >= 11 is 1.77. The van der Waals surface area contributed by atoms with E-state index in [9.17, 15) is 4.79 Å². The molecule has 172 valence electrons. The van der Waals surface area contributed by atoms with Crippen LogP contribution < -0.4 is 0 Å². The van der Waals surface area contributed by atoms with E-state index >= 15 is 0 Å². The molecule has 3 nitrogen and oxygen atoms in total. The summed E-state index contributed by atoms with van der Waals surface area (Å²) in [6, 6.07) is 19.3. The fraction of sp³-hybridized carbons (Fsp3) is 0.414. The first-order chi connectivity index (χ1) is 16.1. The monoisotopic (exact) mass is 458 g/mol. The zero-order valence-electron chi connectivity index (χ0n) is 19.7. The Balaban J connectivity index is 1.28. The molecule has 0 radical (unpaired) electrons. The predicted octanol–water partition coefficient (Wildman–Crippen LogP) is 6.10. The molecule has 33 heavy (non-hydrogen) atoms.